The van der Waals surface area contributed by atoms with E-state index in [9.17, 15) is 43.2 Å². The van der Waals surface area contributed by atoms with E-state index in [1.54, 1.807) is 0 Å². The normalized spacial score (nSPS) is 13.6. The molecule has 0 aliphatic rings. The number of nitrogens with zero attached hydrogens (tertiary/aromatic N) is 4. The highest BCUT2D eigenvalue weighted by Crippen LogP contribution is 2.38. The third kappa shape index (κ3) is 4.37. The van der Waals surface area contributed by atoms with Crippen molar-refractivity contribution in [1.29, 1.82) is 0 Å². The van der Waals surface area contributed by atoms with Gasteiger partial charge in [0.05, 0.1) is 12.5 Å². The lowest BCUT2D eigenvalue weighted by Crippen LogP contribution is -2.36. The largest absolute Gasteiger partial charge is 0.435 e. The lowest BCUT2D eigenvalue weighted by molar-refractivity contribution is -0.143. The summed E-state index contributed by atoms with van der Waals surface area (Å²) in [5, 5.41) is 2.82. The maximum atomic E-state index is 13.2. The minimum Gasteiger partial charge on any atom is -0.235 e. The van der Waals surface area contributed by atoms with E-state index in [4.69, 9.17) is 0 Å². The highest BCUT2D eigenvalue weighted by Gasteiger charge is 2.43. The average molecular weight is 452 g/mol. The number of aromatic nitrogens is 3. The van der Waals surface area contributed by atoms with Crippen molar-refractivity contribution in [2.24, 2.45) is 0 Å². The third-order valence-corrected chi connectivity index (χ3v) is 6.28. The Kier molecular flexibility index (Phi) is 5.18. The zero-order valence-electron chi connectivity index (χ0n) is 13.8. The van der Waals surface area contributed by atoms with E-state index in [-0.39, 0.29) is 14.5 Å². The number of hydrogen-bond donors (Lipinski definition) is 0. The molecule has 0 atom stereocenters. The van der Waals surface area contributed by atoms with Gasteiger partial charge in [-0.1, -0.05) is 0 Å². The lowest BCUT2D eigenvalue weighted by Gasteiger charge is -2.22. The van der Waals surface area contributed by atoms with Crippen molar-refractivity contribution in [3.8, 4) is 5.82 Å². The van der Waals surface area contributed by atoms with Crippen molar-refractivity contribution >= 4 is 25.7 Å². The van der Waals surface area contributed by atoms with Crippen LogP contribution in [-0.4, -0.2) is 44.1 Å². The lowest BCUT2D eigenvalue weighted by atomic mass is 10.3. The van der Waals surface area contributed by atoms with Gasteiger partial charge in [0, 0.05) is 12.3 Å². The predicted octanol–water partition coefficient (Wildman–Crippen LogP) is 2.03. The first kappa shape index (κ1) is 21.9. The van der Waals surface area contributed by atoms with Crippen molar-refractivity contribution in [1.82, 2.24) is 14.8 Å². The van der Waals surface area contributed by atoms with Gasteiger partial charge in [-0.3, -0.25) is 0 Å². The van der Waals surface area contributed by atoms with Gasteiger partial charge in [-0.15, -0.1) is 0 Å². The second-order valence-electron chi connectivity index (χ2n) is 5.39. The fourth-order valence-corrected chi connectivity index (χ4v) is 5.15. The molecule has 0 spiro atoms. The molecule has 16 heteroatoms. The molecule has 0 unspecified atom stereocenters. The summed E-state index contributed by atoms with van der Waals surface area (Å²) >= 11 is 0. The van der Waals surface area contributed by atoms with Crippen molar-refractivity contribution in [2.75, 3.05) is 16.2 Å². The molecule has 0 amide bonds. The van der Waals surface area contributed by atoms with Crippen LogP contribution in [0, 0.1) is 0 Å². The quantitative estimate of drug-likeness (QED) is 0.658. The van der Waals surface area contributed by atoms with Crippen LogP contribution < -0.4 is 3.71 Å². The van der Waals surface area contributed by atoms with Crippen molar-refractivity contribution in [2.45, 2.75) is 12.4 Å². The van der Waals surface area contributed by atoms with Gasteiger partial charge in [0.1, 0.15) is 5.69 Å². The number of hydrogen-bond acceptors (Lipinski definition) is 6. The summed E-state index contributed by atoms with van der Waals surface area (Å²) < 4.78 is 125. The summed E-state index contributed by atoms with van der Waals surface area (Å²) in [6.45, 7) is 0. The summed E-state index contributed by atoms with van der Waals surface area (Å²) in [4.78, 5) is 3.43. The van der Waals surface area contributed by atoms with Gasteiger partial charge < -0.3 is 0 Å². The first-order valence-corrected chi connectivity index (χ1v) is 10.5. The van der Waals surface area contributed by atoms with E-state index >= 15 is 0 Å². The Hall–Kier alpha value is -2.36. The number of anilines is 1. The Labute approximate surface area is 154 Å². The van der Waals surface area contributed by atoms with Crippen LogP contribution in [0.3, 0.4) is 0 Å². The fraction of sp³-hybridized carbons (Fsp3) is 0.333. The monoisotopic (exact) mass is 452 g/mol. The van der Waals surface area contributed by atoms with Crippen LogP contribution in [-0.2, 0) is 32.4 Å². The van der Waals surface area contributed by atoms with Crippen LogP contribution >= 0.6 is 0 Å². The standard InChI is InChI=1S/C12H10F6N4O4S2/c1-27(23,24)22(28(2,25)26)7-4-3-5-19-10(7)21-9(12(16,17)18)6-8(20-21)11(13,14)15/h3-6H,1-2H3. The van der Waals surface area contributed by atoms with Gasteiger partial charge in [0.15, 0.2) is 17.2 Å². The van der Waals surface area contributed by atoms with Crippen LogP contribution in [0.5, 0.6) is 0 Å². The Morgan fingerprint density at radius 3 is 1.93 bits per heavy atom. The Bertz CT molecular complexity index is 1070. The molecule has 2 aromatic heterocycles. The van der Waals surface area contributed by atoms with Crippen molar-refractivity contribution in [3.63, 3.8) is 0 Å². The summed E-state index contributed by atoms with van der Waals surface area (Å²) in [5.41, 5.74) is -4.79. The van der Waals surface area contributed by atoms with E-state index in [1.807, 2.05) is 0 Å². The number of alkyl halides is 6. The zero-order valence-corrected chi connectivity index (χ0v) is 15.4. The molecule has 156 valence electrons. The van der Waals surface area contributed by atoms with Gasteiger partial charge >= 0.3 is 12.4 Å². The SMILES string of the molecule is CS(=O)(=O)N(c1cccnc1-n1nc(C(F)(F)F)cc1C(F)(F)F)S(C)(=O)=O. The van der Waals surface area contributed by atoms with Crippen molar-refractivity contribution in [3.05, 3.63) is 35.8 Å². The summed E-state index contributed by atoms with van der Waals surface area (Å²) in [7, 11) is -9.23. The Morgan fingerprint density at radius 1 is 0.964 bits per heavy atom. The molecule has 0 aliphatic heterocycles. The molecule has 8 nitrogen and oxygen atoms in total. The Balaban J connectivity index is 2.91. The number of pyridine rings is 1. The van der Waals surface area contributed by atoms with Crippen LogP contribution in [0.25, 0.3) is 5.82 Å². The van der Waals surface area contributed by atoms with Crippen molar-refractivity contribution < 1.29 is 43.2 Å². The fourth-order valence-electron chi connectivity index (χ4n) is 2.18. The summed E-state index contributed by atoms with van der Waals surface area (Å²) in [5.74, 6) is -1.08. The molecule has 0 aliphatic carbocycles. The molecule has 0 saturated heterocycles. The molecule has 0 saturated carbocycles. The highest BCUT2D eigenvalue weighted by atomic mass is 32.3. The molecule has 2 aromatic rings. The smallest absolute Gasteiger partial charge is 0.235 e. The minimum absolute atomic E-state index is 0.253. The number of sulfonamides is 2. The topological polar surface area (TPSA) is 102 Å². The van der Waals surface area contributed by atoms with E-state index in [2.05, 4.69) is 10.1 Å². The molecule has 0 fully saturated rings. The third-order valence-electron chi connectivity index (χ3n) is 3.06. The molecule has 0 bridgehead atoms. The van der Waals surface area contributed by atoms with E-state index in [1.165, 1.54) is 0 Å². The van der Waals surface area contributed by atoms with Gasteiger partial charge in [0.25, 0.3) is 0 Å². The van der Waals surface area contributed by atoms with E-state index < -0.39 is 55.3 Å². The second-order valence-corrected chi connectivity index (χ2v) is 9.28. The van der Waals surface area contributed by atoms with Gasteiger partial charge in [0.2, 0.25) is 20.0 Å². The molecule has 2 rings (SSSR count). The van der Waals surface area contributed by atoms with Crippen LogP contribution in [0.15, 0.2) is 24.4 Å². The van der Waals surface area contributed by atoms with Crippen LogP contribution in [0.1, 0.15) is 11.4 Å². The molecule has 0 aromatic carbocycles. The maximum Gasteiger partial charge on any atom is 0.435 e. The Morgan fingerprint density at radius 2 is 1.50 bits per heavy atom. The van der Waals surface area contributed by atoms with E-state index in [0.29, 0.717) is 12.5 Å². The van der Waals surface area contributed by atoms with Gasteiger partial charge in [-0.05, 0) is 12.1 Å². The summed E-state index contributed by atoms with van der Waals surface area (Å²) in [6.07, 6.45) is -8.88. The molecule has 28 heavy (non-hydrogen) atoms. The number of halogens is 6. The molecular formula is C12H10F6N4O4S2. The number of rotatable bonds is 4. The predicted molar refractivity (Wildman–Crippen MR) is 83.5 cm³/mol. The van der Waals surface area contributed by atoms with Crippen LogP contribution in [0.2, 0.25) is 0 Å². The molecule has 2 heterocycles. The molecular weight excluding hydrogens is 442 g/mol. The minimum atomic E-state index is -5.34. The first-order chi connectivity index (χ1) is 12.4. The van der Waals surface area contributed by atoms with E-state index in [0.717, 1.165) is 18.3 Å². The van der Waals surface area contributed by atoms with Crippen LogP contribution in [0.4, 0.5) is 32.0 Å². The average Bonchev–Trinajstić information content (AvgIpc) is 2.89. The molecule has 0 radical (unpaired) electrons. The second kappa shape index (κ2) is 6.61. The highest BCUT2D eigenvalue weighted by molar-refractivity contribution is 8.09. The van der Waals surface area contributed by atoms with Gasteiger partial charge in [-0.25, -0.2) is 26.5 Å². The zero-order chi connectivity index (χ0) is 21.7. The molecule has 0 N–H and O–H groups in total. The van der Waals surface area contributed by atoms with Gasteiger partial charge in [-0.2, -0.15) is 35.2 Å². The summed E-state index contributed by atoms with van der Waals surface area (Å²) in [6, 6.07) is 1.45. The first-order valence-electron chi connectivity index (χ1n) is 6.84. The maximum absolute atomic E-state index is 13.2.